The van der Waals surface area contributed by atoms with Crippen LogP contribution in [0.4, 0.5) is 0 Å². The predicted molar refractivity (Wildman–Crippen MR) is 116 cm³/mol. The van der Waals surface area contributed by atoms with Crippen LogP contribution in [0.15, 0.2) is 59.6 Å². The van der Waals surface area contributed by atoms with Crippen LogP contribution in [0.2, 0.25) is 0 Å². The summed E-state index contributed by atoms with van der Waals surface area (Å²) in [6.07, 6.45) is 3.76. The van der Waals surface area contributed by atoms with Crippen molar-refractivity contribution in [1.29, 1.82) is 0 Å². The van der Waals surface area contributed by atoms with Crippen LogP contribution in [-0.2, 0) is 4.79 Å². The first-order chi connectivity index (χ1) is 14.1. The third-order valence-corrected chi connectivity index (χ3v) is 6.17. The van der Waals surface area contributed by atoms with Gasteiger partial charge in [0.2, 0.25) is 6.79 Å². The first-order valence-corrected chi connectivity index (χ1v) is 10.1. The molecule has 2 aliphatic rings. The van der Waals surface area contributed by atoms with Crippen LogP contribution in [0, 0.1) is 0 Å². The molecule has 2 aliphatic heterocycles. The van der Waals surface area contributed by atoms with Crippen molar-refractivity contribution in [3.05, 3.63) is 65.2 Å². The van der Waals surface area contributed by atoms with Gasteiger partial charge in [0.1, 0.15) is 10.0 Å². The van der Waals surface area contributed by atoms with E-state index in [4.69, 9.17) is 26.8 Å². The second kappa shape index (κ2) is 7.06. The Morgan fingerprint density at radius 1 is 1.14 bits per heavy atom. The van der Waals surface area contributed by atoms with Gasteiger partial charge in [-0.05, 0) is 36.4 Å². The Hall–Kier alpha value is -3.10. The number of ether oxygens (including phenoxy) is 2. The minimum Gasteiger partial charge on any atom is -0.454 e. The Kier molecular flexibility index (Phi) is 4.37. The lowest BCUT2D eigenvalue weighted by Gasteiger charge is -2.04. The number of amides is 1. The Bertz CT molecular complexity index is 1170. The molecular weight excluding hydrogens is 406 g/mol. The second-order valence-electron chi connectivity index (χ2n) is 6.52. The average Bonchev–Trinajstić information content (AvgIpc) is 3.44. The summed E-state index contributed by atoms with van der Waals surface area (Å²) < 4.78 is 13.3. The lowest BCUT2D eigenvalue weighted by molar-refractivity contribution is -0.121. The third-order valence-electron chi connectivity index (χ3n) is 4.68. The summed E-state index contributed by atoms with van der Waals surface area (Å²) >= 11 is 6.54. The summed E-state index contributed by atoms with van der Waals surface area (Å²) in [7, 11) is 1.69. The molecule has 1 fully saturated rings. The zero-order valence-corrected chi connectivity index (χ0v) is 17.0. The fourth-order valence-electron chi connectivity index (χ4n) is 3.16. The number of hydrogen-bond donors (Lipinski definition) is 0. The van der Waals surface area contributed by atoms with Crippen LogP contribution in [0.5, 0.6) is 11.5 Å². The van der Waals surface area contributed by atoms with Gasteiger partial charge in [0, 0.05) is 24.4 Å². The van der Waals surface area contributed by atoms with E-state index in [9.17, 15) is 4.79 Å². The summed E-state index contributed by atoms with van der Waals surface area (Å²) in [4.78, 5) is 14.5. The van der Waals surface area contributed by atoms with E-state index < -0.39 is 0 Å². The molecule has 5 rings (SSSR count). The first kappa shape index (κ1) is 18.0. The van der Waals surface area contributed by atoms with Crippen LogP contribution >= 0.6 is 24.0 Å². The fraction of sp³-hybridized carbons (Fsp3) is 0.0952. The summed E-state index contributed by atoms with van der Waals surface area (Å²) in [5.41, 5.74) is 3.37. The van der Waals surface area contributed by atoms with Crippen molar-refractivity contribution in [3.8, 4) is 28.4 Å². The SMILES string of the molecule is CN1C(=O)/C(=C/c2cn(-c3ccccc3)nc2-c2ccc3c(c2)OCO3)SC1=S. The van der Waals surface area contributed by atoms with Crippen LogP contribution < -0.4 is 9.47 Å². The number of nitrogens with zero attached hydrogens (tertiary/aromatic N) is 3. The van der Waals surface area contributed by atoms with E-state index in [-0.39, 0.29) is 12.7 Å². The van der Waals surface area contributed by atoms with Gasteiger partial charge < -0.3 is 9.47 Å². The number of para-hydroxylation sites is 1. The van der Waals surface area contributed by atoms with Crippen LogP contribution in [0.1, 0.15) is 5.56 Å². The molecule has 3 heterocycles. The van der Waals surface area contributed by atoms with E-state index in [1.165, 1.54) is 16.7 Å². The summed E-state index contributed by atoms with van der Waals surface area (Å²) in [6, 6.07) is 15.5. The van der Waals surface area contributed by atoms with Gasteiger partial charge >= 0.3 is 0 Å². The van der Waals surface area contributed by atoms with Gasteiger partial charge in [-0.25, -0.2) is 4.68 Å². The topological polar surface area (TPSA) is 56.6 Å². The minimum absolute atomic E-state index is 0.107. The maximum absolute atomic E-state index is 12.5. The highest BCUT2D eigenvalue weighted by molar-refractivity contribution is 8.26. The van der Waals surface area contributed by atoms with Crippen molar-refractivity contribution in [2.75, 3.05) is 13.8 Å². The molecule has 1 saturated heterocycles. The number of thiocarbonyl (C=S) groups is 1. The predicted octanol–water partition coefficient (Wildman–Crippen LogP) is 4.10. The molecule has 1 amide bonds. The van der Waals surface area contributed by atoms with E-state index in [1.807, 2.05) is 60.8 Å². The molecule has 6 nitrogen and oxygen atoms in total. The highest BCUT2D eigenvalue weighted by Crippen LogP contribution is 2.38. The molecule has 1 aromatic heterocycles. The number of aromatic nitrogens is 2. The number of rotatable bonds is 3. The maximum atomic E-state index is 12.5. The summed E-state index contributed by atoms with van der Waals surface area (Å²) in [5.74, 6) is 1.29. The van der Waals surface area contributed by atoms with Gasteiger partial charge in [-0.15, -0.1) is 0 Å². The minimum atomic E-state index is -0.107. The monoisotopic (exact) mass is 421 g/mol. The number of carbonyl (C=O) groups is 1. The Labute approximate surface area is 176 Å². The number of carbonyl (C=O) groups excluding carboxylic acids is 1. The second-order valence-corrected chi connectivity index (χ2v) is 8.20. The number of hydrogen-bond acceptors (Lipinski definition) is 6. The standard InChI is InChI=1S/C21H15N3O3S2/c1-23-20(25)18(29-21(23)28)10-14-11-24(15-5-3-2-4-6-15)22-19(14)13-7-8-16-17(9-13)27-12-26-16/h2-11H,12H2,1H3/b18-10-. The van der Waals surface area contributed by atoms with E-state index in [2.05, 4.69) is 0 Å². The smallest absolute Gasteiger partial charge is 0.265 e. The van der Waals surface area contributed by atoms with Crippen molar-refractivity contribution < 1.29 is 14.3 Å². The molecule has 0 saturated carbocycles. The third kappa shape index (κ3) is 3.20. The van der Waals surface area contributed by atoms with E-state index >= 15 is 0 Å². The molecule has 8 heteroatoms. The van der Waals surface area contributed by atoms with E-state index in [0.717, 1.165) is 22.5 Å². The first-order valence-electron chi connectivity index (χ1n) is 8.87. The molecule has 0 N–H and O–H groups in total. The lowest BCUT2D eigenvalue weighted by atomic mass is 10.1. The largest absolute Gasteiger partial charge is 0.454 e. The number of benzene rings is 2. The highest BCUT2D eigenvalue weighted by atomic mass is 32.2. The van der Waals surface area contributed by atoms with Crippen molar-refractivity contribution in [2.24, 2.45) is 0 Å². The fourth-order valence-corrected chi connectivity index (χ4v) is 4.33. The highest BCUT2D eigenvalue weighted by Gasteiger charge is 2.29. The van der Waals surface area contributed by atoms with Gasteiger partial charge in [0.05, 0.1) is 10.6 Å². The van der Waals surface area contributed by atoms with Gasteiger partial charge in [-0.1, -0.05) is 42.2 Å². The Balaban J connectivity index is 1.64. The molecule has 0 radical (unpaired) electrons. The lowest BCUT2D eigenvalue weighted by Crippen LogP contribution is -2.22. The number of fused-ring (bicyclic) bond motifs is 1. The average molecular weight is 422 g/mol. The molecule has 3 aromatic rings. The molecular formula is C21H15N3O3S2. The molecule has 144 valence electrons. The van der Waals surface area contributed by atoms with Crippen molar-refractivity contribution in [3.63, 3.8) is 0 Å². The van der Waals surface area contributed by atoms with Gasteiger partial charge in [0.25, 0.3) is 5.91 Å². The van der Waals surface area contributed by atoms with E-state index in [0.29, 0.717) is 20.7 Å². The number of likely N-dealkylation sites (N-methyl/N-ethyl adjacent to an activating group) is 1. The van der Waals surface area contributed by atoms with Crippen molar-refractivity contribution in [1.82, 2.24) is 14.7 Å². The summed E-state index contributed by atoms with van der Waals surface area (Å²) in [5, 5.41) is 4.79. The molecule has 0 bridgehead atoms. The van der Waals surface area contributed by atoms with Gasteiger partial charge in [-0.2, -0.15) is 5.10 Å². The van der Waals surface area contributed by atoms with Crippen molar-refractivity contribution in [2.45, 2.75) is 0 Å². The van der Waals surface area contributed by atoms with Crippen LogP contribution in [-0.4, -0.2) is 38.7 Å². The Morgan fingerprint density at radius 2 is 1.93 bits per heavy atom. The molecule has 0 spiro atoms. The Morgan fingerprint density at radius 3 is 2.69 bits per heavy atom. The van der Waals surface area contributed by atoms with Gasteiger partial charge in [-0.3, -0.25) is 9.69 Å². The summed E-state index contributed by atoms with van der Waals surface area (Å²) in [6.45, 7) is 0.211. The van der Waals surface area contributed by atoms with E-state index in [1.54, 1.807) is 11.7 Å². The molecule has 0 aliphatic carbocycles. The molecule has 2 aromatic carbocycles. The zero-order chi connectivity index (χ0) is 20.0. The molecule has 0 atom stereocenters. The maximum Gasteiger partial charge on any atom is 0.265 e. The molecule has 29 heavy (non-hydrogen) atoms. The van der Waals surface area contributed by atoms with Crippen LogP contribution in [0.3, 0.4) is 0 Å². The quantitative estimate of drug-likeness (QED) is 0.469. The van der Waals surface area contributed by atoms with Crippen molar-refractivity contribution >= 4 is 40.3 Å². The van der Waals surface area contributed by atoms with Crippen LogP contribution in [0.25, 0.3) is 23.0 Å². The zero-order valence-electron chi connectivity index (χ0n) is 15.4. The molecule has 0 unspecified atom stereocenters. The number of thioether (sulfide) groups is 1. The van der Waals surface area contributed by atoms with Gasteiger partial charge in [0.15, 0.2) is 11.5 Å². The normalized spacial score (nSPS) is 16.9.